The Morgan fingerprint density at radius 2 is 1.79 bits per heavy atom. The molecule has 1 N–H and O–H groups in total. The highest BCUT2D eigenvalue weighted by Gasteiger charge is 2.18. The molecule has 0 aliphatic heterocycles. The quantitative estimate of drug-likeness (QED) is 0.593. The molecule has 0 bridgehead atoms. The molecule has 0 saturated heterocycles. The van der Waals surface area contributed by atoms with Crippen LogP contribution in [-0.4, -0.2) is 36.9 Å². The lowest BCUT2D eigenvalue weighted by molar-refractivity contribution is 0.0773. The van der Waals surface area contributed by atoms with E-state index in [1.54, 1.807) is 36.3 Å². The molecule has 2 aromatic carbocycles. The van der Waals surface area contributed by atoms with Gasteiger partial charge in [-0.3, -0.25) is 9.59 Å². The number of nitrogens with zero attached hydrogens (tertiary/aromatic N) is 1. The minimum Gasteiger partial charge on any atom is -0.497 e. The summed E-state index contributed by atoms with van der Waals surface area (Å²) in [5.41, 5.74) is 1.20. The van der Waals surface area contributed by atoms with Crippen molar-refractivity contribution in [2.24, 2.45) is 0 Å². The molecule has 0 radical (unpaired) electrons. The molecule has 3 aromatic rings. The number of benzene rings is 2. The molecule has 0 aliphatic carbocycles. The predicted molar refractivity (Wildman–Crippen MR) is 115 cm³/mol. The van der Waals surface area contributed by atoms with Gasteiger partial charge in [0.1, 0.15) is 10.6 Å². The maximum Gasteiger partial charge on any atom is 0.267 e. The summed E-state index contributed by atoms with van der Waals surface area (Å²) in [6.07, 6.45) is 0. The van der Waals surface area contributed by atoms with Gasteiger partial charge in [-0.2, -0.15) is 0 Å². The molecule has 0 spiro atoms. The number of halogens is 1. The van der Waals surface area contributed by atoms with E-state index in [0.717, 1.165) is 10.1 Å². The molecule has 0 aliphatic rings. The summed E-state index contributed by atoms with van der Waals surface area (Å²) in [5.74, 6) is 0.406. The molecular weight excluding hydrogens is 396 g/mol. The number of rotatable bonds is 6. The Morgan fingerprint density at radius 3 is 2.39 bits per heavy atom. The summed E-state index contributed by atoms with van der Waals surface area (Å²) in [5, 5.41) is 4.08. The van der Waals surface area contributed by atoms with Crippen molar-refractivity contribution in [3.8, 4) is 5.75 Å². The zero-order valence-electron chi connectivity index (χ0n) is 15.9. The third-order valence-electron chi connectivity index (χ3n) is 4.48. The van der Waals surface area contributed by atoms with E-state index in [-0.39, 0.29) is 11.8 Å². The van der Waals surface area contributed by atoms with E-state index < -0.39 is 0 Å². The van der Waals surface area contributed by atoms with Gasteiger partial charge in [-0.05, 0) is 56.3 Å². The number of carbonyl (C=O) groups excluding carboxylic acids is 2. The fourth-order valence-electron chi connectivity index (χ4n) is 2.90. The Balaban J connectivity index is 1.79. The fourth-order valence-corrected chi connectivity index (χ4v) is 4.34. The van der Waals surface area contributed by atoms with Gasteiger partial charge in [0, 0.05) is 34.4 Å². The van der Waals surface area contributed by atoms with Crippen molar-refractivity contribution in [3.63, 3.8) is 0 Å². The number of hydrogen-bond donors (Lipinski definition) is 1. The van der Waals surface area contributed by atoms with Crippen LogP contribution in [0.15, 0.2) is 42.5 Å². The lowest BCUT2D eigenvalue weighted by atomic mass is 10.1. The molecule has 7 heteroatoms. The Kier molecular flexibility index (Phi) is 6.21. The van der Waals surface area contributed by atoms with Gasteiger partial charge in [-0.25, -0.2) is 0 Å². The Bertz CT molecular complexity index is 1010. The maximum atomic E-state index is 12.7. The lowest BCUT2D eigenvalue weighted by Crippen LogP contribution is -2.30. The molecule has 0 saturated carbocycles. The fraction of sp³-hybridized carbons (Fsp3) is 0.238. The number of carbonyl (C=O) groups is 2. The molecule has 1 aromatic heterocycles. The molecule has 146 valence electrons. The topological polar surface area (TPSA) is 58.6 Å². The standard InChI is InChI=1S/C21H21ClN2O3S/c1-4-24(5-2)21(26)13-6-8-14(9-7-13)23-20(25)19-18(22)16-11-10-15(27-3)12-17(16)28-19/h6-12H,4-5H2,1-3H3,(H,23,25). The number of fused-ring (bicyclic) bond motifs is 1. The van der Waals surface area contributed by atoms with Crippen molar-refractivity contribution in [3.05, 3.63) is 57.9 Å². The van der Waals surface area contributed by atoms with Gasteiger partial charge in [0.2, 0.25) is 0 Å². The Labute approximate surface area is 172 Å². The van der Waals surface area contributed by atoms with Crippen LogP contribution in [0.25, 0.3) is 10.1 Å². The van der Waals surface area contributed by atoms with Gasteiger partial charge in [0.25, 0.3) is 11.8 Å². The maximum absolute atomic E-state index is 12.7. The van der Waals surface area contributed by atoms with Gasteiger partial charge < -0.3 is 15.0 Å². The van der Waals surface area contributed by atoms with Crippen LogP contribution < -0.4 is 10.1 Å². The third-order valence-corrected chi connectivity index (χ3v) is 6.14. The summed E-state index contributed by atoms with van der Waals surface area (Å²) in [6.45, 7) is 5.20. The van der Waals surface area contributed by atoms with Crippen LogP contribution in [0, 0.1) is 0 Å². The second-order valence-corrected chi connectivity index (χ2v) is 7.55. The van der Waals surface area contributed by atoms with Crippen LogP contribution in [0.2, 0.25) is 5.02 Å². The number of amides is 2. The van der Waals surface area contributed by atoms with Gasteiger partial charge in [-0.1, -0.05) is 11.6 Å². The van der Waals surface area contributed by atoms with E-state index in [0.29, 0.717) is 40.0 Å². The Hall–Kier alpha value is -2.57. The first-order chi connectivity index (χ1) is 13.5. The smallest absolute Gasteiger partial charge is 0.267 e. The third kappa shape index (κ3) is 3.98. The average molecular weight is 417 g/mol. The van der Waals surface area contributed by atoms with E-state index in [2.05, 4.69) is 5.32 Å². The zero-order chi connectivity index (χ0) is 20.3. The average Bonchev–Trinajstić information content (AvgIpc) is 3.05. The van der Waals surface area contributed by atoms with Gasteiger partial charge in [0.15, 0.2) is 0 Å². The van der Waals surface area contributed by atoms with Crippen molar-refractivity contribution in [2.75, 3.05) is 25.5 Å². The second-order valence-electron chi connectivity index (χ2n) is 6.12. The van der Waals surface area contributed by atoms with Gasteiger partial charge in [0.05, 0.1) is 12.1 Å². The number of anilines is 1. The van der Waals surface area contributed by atoms with Crippen molar-refractivity contribution < 1.29 is 14.3 Å². The highest BCUT2D eigenvalue weighted by atomic mass is 35.5. The highest BCUT2D eigenvalue weighted by Crippen LogP contribution is 2.37. The summed E-state index contributed by atoms with van der Waals surface area (Å²) in [4.78, 5) is 27.2. The van der Waals surface area contributed by atoms with Crippen LogP contribution in [0.3, 0.4) is 0 Å². The highest BCUT2D eigenvalue weighted by molar-refractivity contribution is 7.21. The van der Waals surface area contributed by atoms with Crippen molar-refractivity contribution in [1.29, 1.82) is 0 Å². The number of thiophene rings is 1. The molecule has 1 heterocycles. The zero-order valence-corrected chi connectivity index (χ0v) is 17.5. The molecule has 5 nitrogen and oxygen atoms in total. The minimum atomic E-state index is -0.284. The van der Waals surface area contributed by atoms with Gasteiger partial charge in [-0.15, -0.1) is 11.3 Å². The van der Waals surface area contributed by atoms with Crippen LogP contribution in [0.4, 0.5) is 5.69 Å². The first-order valence-corrected chi connectivity index (χ1v) is 10.1. The van der Waals surface area contributed by atoms with E-state index in [1.165, 1.54) is 11.3 Å². The van der Waals surface area contributed by atoms with Gasteiger partial charge >= 0.3 is 0 Å². The monoisotopic (exact) mass is 416 g/mol. The van der Waals surface area contributed by atoms with Crippen molar-refractivity contribution >= 4 is 50.5 Å². The van der Waals surface area contributed by atoms with Crippen molar-refractivity contribution in [1.82, 2.24) is 4.90 Å². The van der Waals surface area contributed by atoms with Crippen molar-refractivity contribution in [2.45, 2.75) is 13.8 Å². The van der Waals surface area contributed by atoms with E-state index in [1.807, 2.05) is 32.0 Å². The summed E-state index contributed by atoms with van der Waals surface area (Å²) < 4.78 is 6.11. The first kappa shape index (κ1) is 20.2. The second kappa shape index (κ2) is 8.63. The molecule has 28 heavy (non-hydrogen) atoms. The normalized spacial score (nSPS) is 10.7. The molecule has 2 amide bonds. The van der Waals surface area contributed by atoms with Crippen LogP contribution >= 0.6 is 22.9 Å². The van der Waals surface area contributed by atoms with Crippen LogP contribution in [0.5, 0.6) is 5.75 Å². The predicted octanol–water partition coefficient (Wildman–Crippen LogP) is 5.30. The first-order valence-electron chi connectivity index (χ1n) is 8.95. The van der Waals surface area contributed by atoms with Crippen LogP contribution in [-0.2, 0) is 0 Å². The Morgan fingerprint density at radius 1 is 1.11 bits per heavy atom. The van der Waals surface area contributed by atoms with Crippen LogP contribution in [0.1, 0.15) is 33.9 Å². The minimum absolute atomic E-state index is 0.0237. The van der Waals surface area contributed by atoms with E-state index in [4.69, 9.17) is 16.3 Å². The number of ether oxygens (including phenoxy) is 1. The summed E-state index contributed by atoms with van der Waals surface area (Å²) in [7, 11) is 1.60. The molecular formula is C21H21ClN2O3S. The largest absolute Gasteiger partial charge is 0.497 e. The molecule has 0 fully saturated rings. The number of hydrogen-bond acceptors (Lipinski definition) is 4. The SMILES string of the molecule is CCN(CC)C(=O)c1ccc(NC(=O)c2sc3cc(OC)ccc3c2Cl)cc1. The number of methoxy groups -OCH3 is 1. The molecule has 3 rings (SSSR count). The lowest BCUT2D eigenvalue weighted by Gasteiger charge is -2.18. The summed E-state index contributed by atoms with van der Waals surface area (Å²) in [6, 6.07) is 12.4. The molecule has 0 atom stereocenters. The molecule has 0 unspecified atom stereocenters. The van der Waals surface area contributed by atoms with E-state index in [9.17, 15) is 9.59 Å². The van der Waals surface area contributed by atoms with E-state index >= 15 is 0 Å². The number of nitrogens with one attached hydrogen (secondary N) is 1. The summed E-state index contributed by atoms with van der Waals surface area (Å²) >= 11 is 7.72.